The third-order valence-corrected chi connectivity index (χ3v) is 5.66. The van der Waals surface area contributed by atoms with Crippen LogP contribution in [0.15, 0.2) is 73.3 Å². The number of rotatable bonds is 11. The van der Waals surface area contributed by atoms with Gasteiger partial charge in [-0.2, -0.15) is 9.97 Å². The number of hydrogen-bond donors (Lipinski definition) is 3. The highest BCUT2D eigenvalue weighted by Crippen LogP contribution is 2.21. The first kappa shape index (κ1) is 36.2. The van der Waals surface area contributed by atoms with Crippen molar-refractivity contribution in [2.75, 3.05) is 46.2 Å². The van der Waals surface area contributed by atoms with E-state index in [0.717, 1.165) is 6.54 Å². The Kier molecular flexibility index (Phi) is 16.2. The van der Waals surface area contributed by atoms with Crippen molar-refractivity contribution < 1.29 is 27.8 Å². The van der Waals surface area contributed by atoms with E-state index in [1.165, 1.54) is 67.1 Å². The predicted octanol–water partition coefficient (Wildman–Crippen LogP) is 4.38. The van der Waals surface area contributed by atoms with Crippen LogP contribution in [-0.2, 0) is 9.59 Å². The second kappa shape index (κ2) is 20.1. The second-order valence-electron chi connectivity index (χ2n) is 8.88. The molecular weight excluding hydrogens is 610 g/mol. The van der Waals surface area contributed by atoms with Crippen LogP contribution in [0.4, 0.5) is 14.6 Å². The summed E-state index contributed by atoms with van der Waals surface area (Å²) in [7, 11) is 6.87. The van der Waals surface area contributed by atoms with Gasteiger partial charge >= 0.3 is 0 Å². The molecule has 0 saturated heterocycles. The van der Waals surface area contributed by atoms with Crippen LogP contribution >= 0.6 is 11.6 Å². The summed E-state index contributed by atoms with van der Waals surface area (Å²) in [6.45, 7) is 1.26. The number of carbonyl (C=O) groups is 2. The Labute approximate surface area is 265 Å². The molecule has 2 amide bonds. The first-order chi connectivity index (χ1) is 21.6. The molecule has 0 aliphatic heterocycles. The van der Waals surface area contributed by atoms with Gasteiger partial charge in [-0.05, 0) is 55.6 Å². The average molecular weight is 645 g/mol. The molecule has 0 spiro atoms. The smallest absolute Gasteiger partial charge is 0.239 e. The lowest BCUT2D eigenvalue weighted by atomic mass is 10.3. The molecule has 2 aromatic carbocycles. The van der Waals surface area contributed by atoms with E-state index in [2.05, 4.69) is 35.9 Å². The van der Waals surface area contributed by atoms with Gasteiger partial charge in [0.1, 0.15) is 23.1 Å². The number of anilines is 1. The van der Waals surface area contributed by atoms with Gasteiger partial charge in [0.25, 0.3) is 0 Å². The zero-order chi connectivity index (χ0) is 33.0. The van der Waals surface area contributed by atoms with Crippen molar-refractivity contribution in [3.8, 4) is 23.3 Å². The Hall–Kier alpha value is -4.95. The molecule has 0 bridgehead atoms. The quantitative estimate of drug-likeness (QED) is 0.215. The number of carbonyl (C=O) groups excluding carboxylic acids is 2. The van der Waals surface area contributed by atoms with Crippen LogP contribution in [0.1, 0.15) is 12.8 Å². The summed E-state index contributed by atoms with van der Waals surface area (Å²) in [4.78, 5) is 39.5. The zero-order valence-corrected chi connectivity index (χ0v) is 26.0. The molecular formula is C30H35ClF2N8O4. The van der Waals surface area contributed by atoms with E-state index >= 15 is 0 Å². The summed E-state index contributed by atoms with van der Waals surface area (Å²) in [5, 5.41) is 8.20. The van der Waals surface area contributed by atoms with Crippen LogP contribution in [0, 0.1) is 11.6 Å². The van der Waals surface area contributed by atoms with E-state index in [4.69, 9.17) is 21.1 Å². The van der Waals surface area contributed by atoms with Crippen molar-refractivity contribution in [1.82, 2.24) is 35.9 Å². The SMILES string of the molecule is CNC(=O)CCN(C)c1cncc(Oc2ccc(F)cc2)n1.CNCCC(=O)NC.Fc1ccc(Oc2cncc(Cl)n2)cc1. The first-order valence-corrected chi connectivity index (χ1v) is 13.9. The number of ether oxygens (including phenoxy) is 2. The molecule has 0 radical (unpaired) electrons. The fraction of sp³-hybridized carbons (Fsp3) is 0.267. The van der Waals surface area contributed by atoms with Gasteiger partial charge in [-0.3, -0.25) is 19.6 Å². The van der Waals surface area contributed by atoms with Crippen LogP contribution in [0.25, 0.3) is 0 Å². The third kappa shape index (κ3) is 14.9. The van der Waals surface area contributed by atoms with Gasteiger partial charge in [-0.25, -0.2) is 8.78 Å². The van der Waals surface area contributed by atoms with E-state index in [1.807, 2.05) is 14.1 Å². The van der Waals surface area contributed by atoms with Crippen molar-refractivity contribution >= 4 is 29.2 Å². The lowest BCUT2D eigenvalue weighted by molar-refractivity contribution is -0.121. The minimum absolute atomic E-state index is 0.0430. The number of aromatic nitrogens is 4. The minimum atomic E-state index is -0.332. The van der Waals surface area contributed by atoms with E-state index in [1.54, 1.807) is 25.2 Å². The highest BCUT2D eigenvalue weighted by molar-refractivity contribution is 6.29. The van der Waals surface area contributed by atoms with Crippen LogP contribution in [-0.4, -0.2) is 73.0 Å². The van der Waals surface area contributed by atoms with Crippen molar-refractivity contribution in [2.24, 2.45) is 0 Å². The molecule has 2 heterocycles. The van der Waals surface area contributed by atoms with Crippen molar-refractivity contribution in [3.63, 3.8) is 0 Å². The summed E-state index contributed by atoms with van der Waals surface area (Å²) in [5.74, 6) is 1.50. The molecule has 2 aromatic heterocycles. The highest BCUT2D eigenvalue weighted by atomic mass is 35.5. The topological polar surface area (TPSA) is 143 Å². The molecule has 240 valence electrons. The third-order valence-electron chi connectivity index (χ3n) is 5.48. The number of halogens is 3. The van der Waals surface area contributed by atoms with Gasteiger partial charge in [-0.1, -0.05) is 11.6 Å². The van der Waals surface area contributed by atoms with Gasteiger partial charge in [0, 0.05) is 47.1 Å². The van der Waals surface area contributed by atoms with Gasteiger partial charge in [-0.15, -0.1) is 0 Å². The molecule has 4 aromatic rings. The zero-order valence-electron chi connectivity index (χ0n) is 25.3. The fourth-order valence-electron chi connectivity index (χ4n) is 3.07. The standard InChI is InChI=1S/C15H17FN4O2.C10H6ClFN2O.C5H12N2O/c1-17-14(21)7-8-20(2)13-9-18-10-15(19-13)22-12-5-3-11(16)4-6-12;11-9-5-13-6-10(14-9)15-8-3-1-7(12)2-4-8;1-6-4-3-5(8)7-2/h3-6,9-10H,7-8H2,1-2H3,(H,17,21);1-6H;6H,3-4H2,1-2H3,(H,7,8). The van der Waals surface area contributed by atoms with Crippen LogP contribution < -0.4 is 30.3 Å². The molecule has 45 heavy (non-hydrogen) atoms. The Morgan fingerprint density at radius 3 is 1.73 bits per heavy atom. The number of benzene rings is 2. The van der Waals surface area contributed by atoms with Crippen LogP contribution in [0.5, 0.6) is 23.3 Å². The summed E-state index contributed by atoms with van der Waals surface area (Å²) in [6, 6.07) is 11.2. The number of nitrogens with one attached hydrogen (secondary N) is 3. The van der Waals surface area contributed by atoms with E-state index in [9.17, 15) is 18.4 Å². The predicted molar refractivity (Wildman–Crippen MR) is 167 cm³/mol. The Morgan fingerprint density at radius 2 is 1.24 bits per heavy atom. The van der Waals surface area contributed by atoms with Crippen molar-refractivity contribution in [2.45, 2.75) is 12.8 Å². The second-order valence-corrected chi connectivity index (χ2v) is 9.27. The van der Waals surface area contributed by atoms with Gasteiger partial charge < -0.3 is 30.3 Å². The Balaban J connectivity index is 0.000000264. The molecule has 15 heteroatoms. The number of nitrogens with zero attached hydrogens (tertiary/aromatic N) is 5. The summed E-state index contributed by atoms with van der Waals surface area (Å²) in [5.41, 5.74) is 0. The summed E-state index contributed by atoms with van der Waals surface area (Å²) < 4.78 is 36.3. The van der Waals surface area contributed by atoms with E-state index in [-0.39, 0.29) is 34.5 Å². The highest BCUT2D eigenvalue weighted by Gasteiger charge is 2.08. The molecule has 12 nitrogen and oxygen atoms in total. The molecule has 0 unspecified atom stereocenters. The minimum Gasteiger partial charge on any atom is -0.437 e. The Bertz CT molecular complexity index is 1470. The van der Waals surface area contributed by atoms with E-state index < -0.39 is 0 Å². The fourth-order valence-corrected chi connectivity index (χ4v) is 3.20. The molecule has 0 atom stereocenters. The molecule has 3 N–H and O–H groups in total. The lowest BCUT2D eigenvalue weighted by Crippen LogP contribution is -2.26. The van der Waals surface area contributed by atoms with Crippen LogP contribution in [0.3, 0.4) is 0 Å². The summed E-state index contributed by atoms with van der Waals surface area (Å²) in [6.07, 6.45) is 6.81. The maximum atomic E-state index is 12.9. The molecule has 0 saturated carbocycles. The van der Waals surface area contributed by atoms with Crippen LogP contribution in [0.2, 0.25) is 5.15 Å². The molecule has 0 fully saturated rings. The monoisotopic (exact) mass is 644 g/mol. The van der Waals surface area contributed by atoms with Crippen molar-refractivity contribution in [3.05, 3.63) is 90.1 Å². The normalized spacial score (nSPS) is 9.84. The Morgan fingerprint density at radius 1 is 0.756 bits per heavy atom. The first-order valence-electron chi connectivity index (χ1n) is 13.6. The van der Waals surface area contributed by atoms with Crippen molar-refractivity contribution in [1.29, 1.82) is 0 Å². The molecule has 0 aliphatic rings. The van der Waals surface area contributed by atoms with Gasteiger partial charge in [0.2, 0.25) is 23.6 Å². The maximum Gasteiger partial charge on any atom is 0.239 e. The number of hydrogen-bond acceptors (Lipinski definition) is 10. The largest absolute Gasteiger partial charge is 0.437 e. The lowest BCUT2D eigenvalue weighted by Gasteiger charge is -2.17. The molecule has 0 aliphatic carbocycles. The van der Waals surface area contributed by atoms with Gasteiger partial charge in [0.05, 0.1) is 24.8 Å². The average Bonchev–Trinajstić information content (AvgIpc) is 3.05. The van der Waals surface area contributed by atoms with Gasteiger partial charge in [0.15, 0.2) is 11.0 Å². The maximum absolute atomic E-state index is 12.9. The van der Waals surface area contributed by atoms with E-state index in [0.29, 0.717) is 42.6 Å². The number of amides is 2. The summed E-state index contributed by atoms with van der Waals surface area (Å²) >= 11 is 5.62. The molecule has 4 rings (SSSR count).